The Bertz CT molecular complexity index is 614. The van der Waals surface area contributed by atoms with Gasteiger partial charge in [-0.25, -0.2) is 4.79 Å². The van der Waals surface area contributed by atoms with E-state index in [0.717, 1.165) is 11.3 Å². The fourth-order valence-corrected chi connectivity index (χ4v) is 2.78. The lowest BCUT2D eigenvalue weighted by Crippen LogP contribution is -2.41. The van der Waals surface area contributed by atoms with E-state index in [-0.39, 0.29) is 18.6 Å². The average molecular weight is 348 g/mol. The van der Waals surface area contributed by atoms with Crippen LogP contribution in [0.4, 0.5) is 4.79 Å². The van der Waals surface area contributed by atoms with Gasteiger partial charge in [-0.2, -0.15) is 0 Å². The van der Waals surface area contributed by atoms with Gasteiger partial charge in [0.05, 0.1) is 18.1 Å². The van der Waals surface area contributed by atoms with E-state index >= 15 is 0 Å². The van der Waals surface area contributed by atoms with Gasteiger partial charge in [0.25, 0.3) is 0 Å². The molecule has 138 valence electrons. The van der Waals surface area contributed by atoms with Crippen molar-refractivity contribution in [2.24, 2.45) is 11.3 Å². The maximum Gasteiger partial charge on any atom is 0.317 e. The summed E-state index contributed by atoms with van der Waals surface area (Å²) >= 11 is 0. The lowest BCUT2D eigenvalue weighted by atomic mass is 9.90. The Balaban J connectivity index is 1.90. The molecule has 2 N–H and O–H groups in total. The summed E-state index contributed by atoms with van der Waals surface area (Å²) in [4.78, 5) is 25.2. The van der Waals surface area contributed by atoms with Gasteiger partial charge in [-0.3, -0.25) is 4.79 Å². The molecule has 1 aromatic rings. The third-order valence-electron chi connectivity index (χ3n) is 4.58. The Morgan fingerprint density at radius 3 is 2.44 bits per heavy atom. The molecule has 0 saturated carbocycles. The zero-order chi connectivity index (χ0) is 18.6. The first-order valence-electron chi connectivity index (χ1n) is 8.73. The van der Waals surface area contributed by atoms with Crippen LogP contribution in [0, 0.1) is 11.3 Å². The van der Waals surface area contributed by atoms with Gasteiger partial charge in [0.15, 0.2) is 0 Å². The predicted octanol–water partition coefficient (Wildman–Crippen LogP) is 3.29. The van der Waals surface area contributed by atoms with Crippen LogP contribution in [0.15, 0.2) is 24.3 Å². The van der Waals surface area contributed by atoms with E-state index in [4.69, 9.17) is 4.74 Å². The number of hydrogen-bond donors (Lipinski definition) is 2. The molecule has 1 fully saturated rings. The van der Waals surface area contributed by atoms with Crippen LogP contribution in [0.2, 0.25) is 0 Å². The molecule has 0 spiro atoms. The molecule has 1 aliphatic heterocycles. The van der Waals surface area contributed by atoms with E-state index in [2.05, 4.69) is 19.2 Å². The highest BCUT2D eigenvalue weighted by atomic mass is 16.5. The summed E-state index contributed by atoms with van der Waals surface area (Å²) in [6.45, 7) is 9.16. The molecule has 2 atom stereocenters. The topological polar surface area (TPSA) is 78.9 Å². The third-order valence-corrected chi connectivity index (χ3v) is 4.58. The Hall–Kier alpha value is -2.24. The number of urea groups is 1. The number of nitrogens with one attached hydrogen (secondary N) is 1. The number of nitrogens with zero attached hydrogens (tertiary/aromatic N) is 1. The number of ether oxygens (including phenoxy) is 1. The van der Waals surface area contributed by atoms with Crippen LogP contribution in [0.25, 0.3) is 0 Å². The van der Waals surface area contributed by atoms with Gasteiger partial charge in [-0.05, 0) is 43.9 Å². The van der Waals surface area contributed by atoms with Gasteiger partial charge in [0.1, 0.15) is 5.75 Å². The first kappa shape index (κ1) is 19.1. The van der Waals surface area contributed by atoms with Gasteiger partial charge in [0.2, 0.25) is 0 Å². The number of carboxylic acid groups (broad SMARTS) is 1. The summed E-state index contributed by atoms with van der Waals surface area (Å²) in [7, 11) is 0. The van der Waals surface area contributed by atoms with Crippen LogP contribution in [0.1, 0.15) is 45.7 Å². The second-order valence-electron chi connectivity index (χ2n) is 7.48. The number of likely N-dealkylation sites (tertiary alicyclic amines) is 1. The van der Waals surface area contributed by atoms with E-state index in [1.54, 1.807) is 11.8 Å². The summed E-state index contributed by atoms with van der Waals surface area (Å²) in [6.07, 6.45) is 0.478. The van der Waals surface area contributed by atoms with Crippen LogP contribution in [-0.4, -0.2) is 41.7 Å². The Labute approximate surface area is 149 Å². The molecule has 1 saturated heterocycles. The van der Waals surface area contributed by atoms with E-state index in [1.165, 1.54) is 0 Å². The fraction of sp³-hybridized carbons (Fsp3) is 0.579. The van der Waals surface area contributed by atoms with Crippen LogP contribution in [-0.2, 0) is 4.79 Å². The molecule has 6 nitrogen and oxygen atoms in total. The molecular weight excluding hydrogens is 320 g/mol. The van der Waals surface area contributed by atoms with Crippen molar-refractivity contribution in [3.8, 4) is 5.75 Å². The van der Waals surface area contributed by atoms with Crippen molar-refractivity contribution in [1.82, 2.24) is 10.2 Å². The Morgan fingerprint density at radius 1 is 1.28 bits per heavy atom. The molecule has 2 unspecified atom stereocenters. The number of amides is 2. The SMILES string of the molecule is CC(C)COc1ccc(C(C)NC(=O)N2CCC(C)(C(=O)O)C2)cc1. The summed E-state index contributed by atoms with van der Waals surface area (Å²) in [6, 6.07) is 7.29. The second kappa shape index (κ2) is 7.76. The lowest BCUT2D eigenvalue weighted by molar-refractivity contribution is -0.147. The lowest BCUT2D eigenvalue weighted by Gasteiger charge is -2.23. The third kappa shape index (κ3) is 4.87. The number of hydrogen-bond acceptors (Lipinski definition) is 3. The van der Waals surface area contributed by atoms with Crippen molar-refractivity contribution in [2.75, 3.05) is 19.7 Å². The van der Waals surface area contributed by atoms with Crippen LogP contribution in [0.3, 0.4) is 0 Å². The number of aliphatic carboxylic acids is 1. The summed E-state index contributed by atoms with van der Waals surface area (Å²) in [5, 5.41) is 12.2. The van der Waals surface area contributed by atoms with Crippen molar-refractivity contribution in [2.45, 2.75) is 40.2 Å². The molecule has 2 amide bonds. The molecule has 0 aromatic heterocycles. The highest BCUT2D eigenvalue weighted by molar-refractivity contribution is 5.79. The molecule has 1 aliphatic rings. The van der Waals surface area contributed by atoms with E-state index in [9.17, 15) is 14.7 Å². The van der Waals surface area contributed by atoms with Crippen molar-refractivity contribution in [3.05, 3.63) is 29.8 Å². The molecule has 0 radical (unpaired) electrons. The molecule has 6 heteroatoms. The van der Waals surface area contributed by atoms with Gasteiger partial charge in [-0.1, -0.05) is 26.0 Å². The highest BCUT2D eigenvalue weighted by Crippen LogP contribution is 2.30. The van der Waals surface area contributed by atoms with Crippen LogP contribution >= 0.6 is 0 Å². The normalized spacial score (nSPS) is 21.2. The van der Waals surface area contributed by atoms with E-state index < -0.39 is 11.4 Å². The molecule has 0 aliphatic carbocycles. The van der Waals surface area contributed by atoms with Crippen LogP contribution in [0.5, 0.6) is 5.75 Å². The molecule has 1 aromatic carbocycles. The minimum absolute atomic E-state index is 0.164. The zero-order valence-electron chi connectivity index (χ0n) is 15.4. The molecule has 2 rings (SSSR count). The second-order valence-corrected chi connectivity index (χ2v) is 7.48. The molecule has 25 heavy (non-hydrogen) atoms. The molecule has 1 heterocycles. The van der Waals surface area contributed by atoms with Crippen molar-refractivity contribution in [3.63, 3.8) is 0 Å². The number of carbonyl (C=O) groups is 2. The van der Waals surface area contributed by atoms with E-state index in [1.807, 2.05) is 31.2 Å². The zero-order valence-corrected chi connectivity index (χ0v) is 15.4. The number of carboxylic acids is 1. The first-order chi connectivity index (χ1) is 11.7. The molecule has 0 bridgehead atoms. The number of carbonyl (C=O) groups excluding carboxylic acids is 1. The predicted molar refractivity (Wildman–Crippen MR) is 95.7 cm³/mol. The number of rotatable bonds is 6. The number of benzene rings is 1. The maximum atomic E-state index is 12.4. The van der Waals surface area contributed by atoms with Gasteiger partial charge in [0, 0.05) is 13.1 Å². The standard InChI is InChI=1S/C19H28N2O4/c1-13(2)11-25-16-7-5-15(6-8-16)14(3)20-18(24)21-10-9-19(4,12-21)17(22)23/h5-8,13-14H,9-12H2,1-4H3,(H,20,24)(H,22,23). The van der Waals surface area contributed by atoms with Crippen LogP contribution < -0.4 is 10.1 Å². The van der Waals surface area contributed by atoms with Gasteiger partial charge in [-0.15, -0.1) is 0 Å². The minimum atomic E-state index is -0.854. The Kier molecular flexibility index (Phi) is 5.93. The summed E-state index contributed by atoms with van der Waals surface area (Å²) < 4.78 is 5.66. The smallest absolute Gasteiger partial charge is 0.317 e. The van der Waals surface area contributed by atoms with Gasteiger partial charge < -0.3 is 20.1 Å². The maximum absolute atomic E-state index is 12.4. The molecular formula is C19H28N2O4. The van der Waals surface area contributed by atoms with Crippen molar-refractivity contribution < 1.29 is 19.4 Å². The minimum Gasteiger partial charge on any atom is -0.493 e. The van der Waals surface area contributed by atoms with E-state index in [0.29, 0.717) is 25.5 Å². The Morgan fingerprint density at radius 2 is 1.92 bits per heavy atom. The summed E-state index contributed by atoms with van der Waals surface area (Å²) in [5.41, 5.74) is 0.126. The largest absolute Gasteiger partial charge is 0.493 e. The first-order valence-corrected chi connectivity index (χ1v) is 8.73. The monoisotopic (exact) mass is 348 g/mol. The van der Waals surface area contributed by atoms with Crippen molar-refractivity contribution in [1.29, 1.82) is 0 Å². The van der Waals surface area contributed by atoms with Gasteiger partial charge >= 0.3 is 12.0 Å². The summed E-state index contributed by atoms with van der Waals surface area (Å²) in [5.74, 6) is 0.426. The average Bonchev–Trinajstić information content (AvgIpc) is 2.97. The quantitative estimate of drug-likeness (QED) is 0.827. The fourth-order valence-electron chi connectivity index (χ4n) is 2.78. The van der Waals surface area contributed by atoms with Crippen molar-refractivity contribution >= 4 is 12.0 Å². The highest BCUT2D eigenvalue weighted by Gasteiger charge is 2.42.